The Kier molecular flexibility index (Phi) is 4.14. The van der Waals surface area contributed by atoms with Crippen LogP contribution >= 0.6 is 0 Å². The molecule has 16 heavy (non-hydrogen) atoms. The van der Waals surface area contributed by atoms with E-state index in [0.717, 1.165) is 4.57 Å². The Morgan fingerprint density at radius 3 is 2.94 bits per heavy atom. The fourth-order valence-corrected chi connectivity index (χ4v) is 1.11. The molecule has 0 fully saturated rings. The largest absolute Gasteiger partial charge is 0.493 e. The summed E-state index contributed by atoms with van der Waals surface area (Å²) in [6.45, 7) is 1.10. The number of H-pyrrole nitrogens is 1. The van der Waals surface area contributed by atoms with Crippen molar-refractivity contribution in [1.82, 2.24) is 15.0 Å². The van der Waals surface area contributed by atoms with E-state index in [1.54, 1.807) is 6.82 Å². The lowest BCUT2D eigenvalue weighted by atomic mass is 10.1. The fourth-order valence-electron chi connectivity index (χ4n) is 1.11. The van der Waals surface area contributed by atoms with Gasteiger partial charge in [-0.15, -0.1) is 0 Å². The van der Waals surface area contributed by atoms with Gasteiger partial charge in [0.25, 0.3) is 0 Å². The number of nitrogens with zero attached hydrogens (tertiary/aromatic N) is 1. The Morgan fingerprint density at radius 2 is 2.38 bits per heavy atom. The second-order valence-electron chi connectivity index (χ2n) is 2.89. The van der Waals surface area contributed by atoms with Crippen LogP contribution in [0.15, 0.2) is 4.79 Å². The van der Waals surface area contributed by atoms with Crippen molar-refractivity contribution in [3.8, 4) is 5.88 Å². The zero-order chi connectivity index (χ0) is 12.1. The quantitative estimate of drug-likeness (QED) is 0.272. The van der Waals surface area contributed by atoms with Crippen molar-refractivity contribution < 1.29 is 19.8 Å². The molecule has 0 unspecified atom stereocenters. The average Bonchev–Trinajstić information content (AvgIpc) is 2.46. The summed E-state index contributed by atoms with van der Waals surface area (Å²) < 4.78 is 5.41. The molecule has 1 heterocycles. The molecule has 0 amide bonds. The molecule has 0 aliphatic carbocycles. The number of hydrogen-bond acceptors (Lipinski definition) is 5. The molecule has 1 radical (unpaired) electrons. The van der Waals surface area contributed by atoms with Crippen molar-refractivity contribution in [1.29, 1.82) is 0 Å². The molecule has 0 atom stereocenters. The van der Waals surface area contributed by atoms with E-state index < -0.39 is 24.1 Å². The summed E-state index contributed by atoms with van der Waals surface area (Å²) >= 11 is 0. The van der Waals surface area contributed by atoms with E-state index >= 15 is 0 Å². The van der Waals surface area contributed by atoms with Crippen LogP contribution in [-0.2, 0) is 22.6 Å². The molecule has 4 N–H and O–H groups in total. The van der Waals surface area contributed by atoms with Crippen LogP contribution in [0.5, 0.6) is 5.88 Å². The molecular formula is C7H11BN3O5. The van der Waals surface area contributed by atoms with Gasteiger partial charge in [-0.1, -0.05) is 6.82 Å². The zero-order valence-corrected chi connectivity index (χ0v) is 8.56. The zero-order valence-electron chi connectivity index (χ0n) is 8.56. The summed E-state index contributed by atoms with van der Waals surface area (Å²) in [5, 5.41) is 18.0. The molecule has 0 aliphatic rings. The third kappa shape index (κ3) is 2.88. The van der Waals surface area contributed by atoms with E-state index in [-0.39, 0.29) is 12.2 Å². The number of rotatable bonds is 6. The van der Waals surface area contributed by atoms with Crippen LogP contribution in [0.3, 0.4) is 0 Å². The molecule has 1 aromatic heterocycles. The number of aromatic hydroxyl groups is 1. The Balaban J connectivity index is 2.80. The molecule has 87 valence electrons. The highest BCUT2D eigenvalue weighted by Crippen LogP contribution is 2.11. The molecule has 0 saturated carbocycles. The number of aromatic nitrogens is 2. The van der Waals surface area contributed by atoms with Gasteiger partial charge >= 0.3 is 19.1 Å². The molecule has 0 spiro atoms. The smallest absolute Gasteiger partial charge is 0.329 e. The molecule has 8 nitrogen and oxygen atoms in total. The van der Waals surface area contributed by atoms with Gasteiger partial charge in [-0.25, -0.2) is 10.3 Å². The lowest BCUT2D eigenvalue weighted by Crippen LogP contribution is -2.21. The second kappa shape index (κ2) is 5.38. The normalized spacial score (nSPS) is 10.3. The molecule has 9 heteroatoms. The van der Waals surface area contributed by atoms with Crippen LogP contribution in [0, 0.1) is 0 Å². The number of imidazole rings is 1. The monoisotopic (exact) mass is 228 g/mol. The molecular weight excluding hydrogens is 217 g/mol. The standard InChI is InChI=1S/C7H11BN3O5/c1-8-16-9-2-4-6(14)11(3-5(12)13)7(15)10-4/h9,14H,2-3H2,1H3,(H,10,15)(H,12,13). The number of nitrogens with one attached hydrogen (secondary N) is 2. The first kappa shape index (κ1) is 12.3. The number of carbonyl (C=O) groups is 1. The van der Waals surface area contributed by atoms with Crippen LogP contribution < -0.4 is 11.2 Å². The van der Waals surface area contributed by atoms with Gasteiger partial charge < -0.3 is 20.0 Å². The van der Waals surface area contributed by atoms with Gasteiger partial charge in [0.15, 0.2) is 0 Å². The first-order valence-corrected chi connectivity index (χ1v) is 4.45. The minimum Gasteiger partial charge on any atom is -0.493 e. The minimum absolute atomic E-state index is 0.0536. The number of hydrogen-bond donors (Lipinski definition) is 4. The Morgan fingerprint density at radius 1 is 1.69 bits per heavy atom. The van der Waals surface area contributed by atoms with E-state index in [9.17, 15) is 14.7 Å². The van der Waals surface area contributed by atoms with Crippen molar-refractivity contribution in [2.75, 3.05) is 0 Å². The third-order valence-corrected chi connectivity index (χ3v) is 1.77. The fraction of sp³-hybridized carbons (Fsp3) is 0.429. The van der Waals surface area contributed by atoms with Crippen LogP contribution in [-0.4, -0.2) is 33.2 Å². The van der Waals surface area contributed by atoms with E-state index in [4.69, 9.17) is 5.11 Å². The number of carboxylic acids is 1. The number of aliphatic carboxylic acids is 1. The molecule has 1 aromatic rings. The Hall–Kier alpha value is -1.74. The van der Waals surface area contributed by atoms with Gasteiger partial charge in [-0.2, -0.15) is 0 Å². The summed E-state index contributed by atoms with van der Waals surface area (Å²) in [6.07, 6.45) is 0. The van der Waals surface area contributed by atoms with Gasteiger partial charge in [0.05, 0.1) is 12.2 Å². The summed E-state index contributed by atoms with van der Waals surface area (Å²) in [5.74, 6) is -1.63. The lowest BCUT2D eigenvalue weighted by molar-refractivity contribution is -0.137. The van der Waals surface area contributed by atoms with Crippen molar-refractivity contribution in [3.63, 3.8) is 0 Å². The van der Waals surface area contributed by atoms with Gasteiger partial charge in [0.1, 0.15) is 6.54 Å². The summed E-state index contributed by atoms with van der Waals surface area (Å²) in [5.41, 5.74) is 1.92. The first-order valence-electron chi connectivity index (χ1n) is 4.45. The van der Waals surface area contributed by atoms with Crippen molar-refractivity contribution in [2.24, 2.45) is 0 Å². The summed E-state index contributed by atoms with van der Waals surface area (Å²) in [6, 6.07) is 0. The van der Waals surface area contributed by atoms with E-state index in [0.29, 0.717) is 0 Å². The van der Waals surface area contributed by atoms with Gasteiger partial charge in [-0.05, 0) is 0 Å². The Labute approximate surface area is 91.1 Å². The third-order valence-electron chi connectivity index (χ3n) is 1.77. The maximum absolute atomic E-state index is 11.2. The molecule has 0 aliphatic heterocycles. The SMILES string of the molecule is C[B]ONCc1[nH]c(=O)n(CC(=O)O)c1O. The average molecular weight is 228 g/mol. The number of hydroxylamine groups is 1. The maximum atomic E-state index is 11.2. The molecule has 0 aromatic carbocycles. The predicted molar refractivity (Wildman–Crippen MR) is 53.9 cm³/mol. The lowest BCUT2D eigenvalue weighted by Gasteiger charge is -2.02. The maximum Gasteiger partial charge on any atom is 0.329 e. The van der Waals surface area contributed by atoms with Crippen LogP contribution in [0.1, 0.15) is 5.69 Å². The van der Waals surface area contributed by atoms with Crippen molar-refractivity contribution in [3.05, 3.63) is 16.2 Å². The first-order chi connectivity index (χ1) is 7.56. The highest BCUT2D eigenvalue weighted by Gasteiger charge is 2.14. The second-order valence-corrected chi connectivity index (χ2v) is 2.89. The summed E-state index contributed by atoms with van der Waals surface area (Å²) in [7, 11) is 1.38. The van der Waals surface area contributed by atoms with Crippen LogP contribution in [0.2, 0.25) is 6.82 Å². The van der Waals surface area contributed by atoms with Crippen molar-refractivity contribution >= 4 is 13.5 Å². The van der Waals surface area contributed by atoms with E-state index in [2.05, 4.69) is 15.2 Å². The number of carboxylic acid groups (broad SMARTS) is 1. The Bertz CT molecular complexity index is 426. The highest BCUT2D eigenvalue weighted by atomic mass is 16.6. The summed E-state index contributed by atoms with van der Waals surface area (Å²) in [4.78, 5) is 24.0. The van der Waals surface area contributed by atoms with Crippen LogP contribution in [0.4, 0.5) is 0 Å². The van der Waals surface area contributed by atoms with Crippen molar-refractivity contribution in [2.45, 2.75) is 19.9 Å². The molecule has 1 rings (SSSR count). The predicted octanol–water partition coefficient (Wildman–Crippen LogP) is -1.34. The van der Waals surface area contributed by atoms with E-state index in [1.165, 1.54) is 7.48 Å². The van der Waals surface area contributed by atoms with E-state index in [1.807, 2.05) is 0 Å². The topological polar surface area (TPSA) is 117 Å². The highest BCUT2D eigenvalue weighted by molar-refractivity contribution is 6.24. The molecule has 0 bridgehead atoms. The van der Waals surface area contributed by atoms with Gasteiger partial charge in [0, 0.05) is 0 Å². The van der Waals surface area contributed by atoms with Gasteiger partial charge in [0.2, 0.25) is 5.88 Å². The van der Waals surface area contributed by atoms with Crippen LogP contribution in [0.25, 0.3) is 0 Å². The molecule has 0 saturated heterocycles. The minimum atomic E-state index is -1.21. The number of aromatic amines is 1. The van der Waals surface area contributed by atoms with Gasteiger partial charge in [-0.3, -0.25) is 9.36 Å².